The van der Waals surface area contributed by atoms with Crippen molar-refractivity contribution < 1.29 is 13.2 Å². The van der Waals surface area contributed by atoms with E-state index < -0.39 is 21.1 Å². The first kappa shape index (κ1) is 20.6. The molecule has 1 atom stereocenters. The quantitative estimate of drug-likeness (QED) is 0.559. The van der Waals surface area contributed by atoms with Gasteiger partial charge in [-0.25, -0.2) is 13.2 Å². The lowest BCUT2D eigenvalue weighted by molar-refractivity contribution is 0.252. The van der Waals surface area contributed by atoms with Gasteiger partial charge in [-0.05, 0) is 41.3 Å². The van der Waals surface area contributed by atoms with Crippen LogP contribution in [0.5, 0.6) is 0 Å². The normalized spacial score (nSPS) is 12.4. The van der Waals surface area contributed by atoms with Gasteiger partial charge in [0.15, 0.2) is 9.84 Å². The van der Waals surface area contributed by atoms with Crippen LogP contribution in [0.15, 0.2) is 64.4 Å². The Morgan fingerprint density at radius 3 is 2.61 bits per heavy atom. The van der Waals surface area contributed by atoms with Gasteiger partial charge in [-0.2, -0.15) is 0 Å². The van der Waals surface area contributed by atoms with E-state index in [1.54, 1.807) is 48.0 Å². The number of halogens is 2. The zero-order valence-corrected chi connectivity index (χ0v) is 17.4. The maximum Gasteiger partial charge on any atom is 0.319 e. The molecule has 1 unspecified atom stereocenters. The SMILES string of the molecule is O=C(NCC(c1cccnc1)S(=O)(=O)c1cccs1)Nc1ccc(Cl)c(Cl)c1. The van der Waals surface area contributed by atoms with E-state index >= 15 is 0 Å². The van der Waals surface area contributed by atoms with Crippen molar-refractivity contribution in [1.82, 2.24) is 10.3 Å². The number of carbonyl (C=O) groups excluding carboxylic acids is 1. The fraction of sp³-hybridized carbons (Fsp3) is 0.111. The van der Waals surface area contributed by atoms with Gasteiger partial charge >= 0.3 is 6.03 Å². The van der Waals surface area contributed by atoms with Gasteiger partial charge in [-0.3, -0.25) is 4.98 Å². The number of urea groups is 1. The number of carbonyl (C=O) groups is 1. The Morgan fingerprint density at radius 2 is 1.96 bits per heavy atom. The number of hydrogen-bond acceptors (Lipinski definition) is 5. The number of aromatic nitrogens is 1. The second-order valence-corrected chi connectivity index (χ2v) is 9.84. The monoisotopic (exact) mass is 455 g/mol. The number of thiophene rings is 1. The number of nitrogens with zero attached hydrogens (tertiary/aromatic N) is 1. The van der Waals surface area contributed by atoms with E-state index in [2.05, 4.69) is 15.6 Å². The molecule has 0 fully saturated rings. The van der Waals surface area contributed by atoms with Crippen LogP contribution in [0.3, 0.4) is 0 Å². The molecule has 2 heterocycles. The van der Waals surface area contributed by atoms with Crippen LogP contribution in [-0.4, -0.2) is 26.0 Å². The third-order valence-corrected chi connectivity index (χ3v) is 8.10. The molecule has 6 nitrogen and oxygen atoms in total. The van der Waals surface area contributed by atoms with Gasteiger partial charge in [-0.15, -0.1) is 11.3 Å². The van der Waals surface area contributed by atoms with E-state index in [1.807, 2.05) is 0 Å². The van der Waals surface area contributed by atoms with Crippen LogP contribution in [0.1, 0.15) is 10.8 Å². The van der Waals surface area contributed by atoms with Crippen molar-refractivity contribution in [3.05, 3.63) is 75.8 Å². The van der Waals surface area contributed by atoms with Crippen molar-refractivity contribution in [3.8, 4) is 0 Å². The number of anilines is 1. The number of nitrogens with one attached hydrogen (secondary N) is 2. The molecule has 2 N–H and O–H groups in total. The van der Waals surface area contributed by atoms with E-state index in [9.17, 15) is 13.2 Å². The van der Waals surface area contributed by atoms with E-state index in [1.165, 1.54) is 12.3 Å². The number of benzene rings is 1. The molecule has 28 heavy (non-hydrogen) atoms. The molecule has 0 saturated carbocycles. The highest BCUT2D eigenvalue weighted by Gasteiger charge is 2.30. The molecule has 0 saturated heterocycles. The van der Waals surface area contributed by atoms with Crippen molar-refractivity contribution in [2.45, 2.75) is 9.46 Å². The Labute approximate surface area is 176 Å². The van der Waals surface area contributed by atoms with E-state index in [0.29, 0.717) is 21.3 Å². The molecule has 10 heteroatoms. The second-order valence-electron chi connectivity index (χ2n) is 5.72. The number of rotatable bonds is 6. The lowest BCUT2D eigenvalue weighted by Gasteiger charge is -2.18. The lowest BCUT2D eigenvalue weighted by atomic mass is 10.2. The molecule has 3 aromatic rings. The number of sulfone groups is 1. The van der Waals surface area contributed by atoms with Crippen molar-refractivity contribution in [2.75, 3.05) is 11.9 Å². The van der Waals surface area contributed by atoms with Gasteiger partial charge in [0.1, 0.15) is 9.46 Å². The predicted octanol–water partition coefficient (Wildman–Crippen LogP) is 4.79. The van der Waals surface area contributed by atoms with Gasteiger partial charge in [0.05, 0.1) is 10.0 Å². The third kappa shape index (κ3) is 4.82. The fourth-order valence-electron chi connectivity index (χ4n) is 2.47. The molecule has 2 aromatic heterocycles. The molecular formula is C18H15Cl2N3O3S2. The van der Waals surface area contributed by atoms with Gasteiger partial charge in [-0.1, -0.05) is 35.3 Å². The summed E-state index contributed by atoms with van der Waals surface area (Å²) in [5.41, 5.74) is 0.927. The average molecular weight is 456 g/mol. The topological polar surface area (TPSA) is 88.2 Å². The Bertz CT molecular complexity index is 1060. The standard InChI is InChI=1S/C18H15Cl2N3O3S2/c19-14-6-5-13(9-15(14)20)23-18(24)22-11-16(12-3-1-7-21-10-12)28(25,26)17-4-2-8-27-17/h1-10,16H,11H2,(H2,22,23,24). The highest BCUT2D eigenvalue weighted by molar-refractivity contribution is 7.93. The summed E-state index contributed by atoms with van der Waals surface area (Å²) in [6, 6.07) is 10.6. The highest BCUT2D eigenvalue weighted by Crippen LogP contribution is 2.31. The largest absolute Gasteiger partial charge is 0.336 e. The van der Waals surface area contributed by atoms with Gasteiger partial charge in [0.25, 0.3) is 0 Å². The Morgan fingerprint density at radius 1 is 1.14 bits per heavy atom. The minimum Gasteiger partial charge on any atom is -0.336 e. The molecule has 0 spiro atoms. The van der Waals surface area contributed by atoms with E-state index in [-0.39, 0.29) is 10.8 Å². The smallest absolute Gasteiger partial charge is 0.319 e. The molecule has 0 aliphatic carbocycles. The third-order valence-electron chi connectivity index (χ3n) is 3.83. The molecular weight excluding hydrogens is 441 g/mol. The second kappa shape index (κ2) is 8.91. The van der Waals surface area contributed by atoms with Crippen LogP contribution in [0.2, 0.25) is 10.0 Å². The van der Waals surface area contributed by atoms with Crippen LogP contribution in [0.4, 0.5) is 10.5 Å². The van der Waals surface area contributed by atoms with Crippen molar-refractivity contribution in [2.24, 2.45) is 0 Å². The highest BCUT2D eigenvalue weighted by atomic mass is 35.5. The summed E-state index contributed by atoms with van der Waals surface area (Å²) < 4.78 is 26.3. The molecule has 0 bridgehead atoms. The summed E-state index contributed by atoms with van der Waals surface area (Å²) in [7, 11) is -3.69. The number of pyridine rings is 1. The van der Waals surface area contributed by atoms with Crippen LogP contribution >= 0.6 is 34.5 Å². The average Bonchev–Trinajstić information content (AvgIpc) is 3.21. The predicted molar refractivity (Wildman–Crippen MR) is 112 cm³/mol. The molecule has 3 rings (SSSR count). The summed E-state index contributed by atoms with van der Waals surface area (Å²) in [4.78, 5) is 16.2. The van der Waals surface area contributed by atoms with Crippen molar-refractivity contribution >= 4 is 56.1 Å². The van der Waals surface area contributed by atoms with Crippen molar-refractivity contribution in [3.63, 3.8) is 0 Å². The zero-order chi connectivity index (χ0) is 20.1. The van der Waals surface area contributed by atoms with E-state index in [4.69, 9.17) is 23.2 Å². The maximum absolute atomic E-state index is 13.0. The van der Waals surface area contributed by atoms with Crippen LogP contribution in [-0.2, 0) is 9.84 Å². The van der Waals surface area contributed by atoms with Crippen LogP contribution in [0, 0.1) is 0 Å². The molecule has 0 radical (unpaired) electrons. The summed E-state index contributed by atoms with van der Waals surface area (Å²) in [5.74, 6) is 0. The number of amides is 2. The van der Waals surface area contributed by atoms with Crippen molar-refractivity contribution in [1.29, 1.82) is 0 Å². The molecule has 2 amide bonds. The first-order valence-corrected chi connectivity index (χ1v) is 11.2. The van der Waals surface area contributed by atoms with Crippen LogP contribution in [0.25, 0.3) is 0 Å². The maximum atomic E-state index is 13.0. The minimum absolute atomic E-state index is 0.126. The fourth-order valence-corrected chi connectivity index (χ4v) is 5.62. The van der Waals surface area contributed by atoms with Crippen LogP contribution < -0.4 is 10.6 Å². The molecule has 0 aliphatic rings. The molecule has 1 aromatic carbocycles. The summed E-state index contributed by atoms with van der Waals surface area (Å²) in [6.45, 7) is -0.126. The molecule has 0 aliphatic heterocycles. The Hall–Kier alpha value is -2.13. The summed E-state index contributed by atoms with van der Waals surface area (Å²) in [6.07, 6.45) is 3.04. The first-order valence-electron chi connectivity index (χ1n) is 8.05. The number of hydrogen-bond donors (Lipinski definition) is 2. The first-order chi connectivity index (χ1) is 13.4. The van der Waals surface area contributed by atoms with Gasteiger partial charge in [0, 0.05) is 24.6 Å². The summed E-state index contributed by atoms with van der Waals surface area (Å²) in [5, 5.41) is 6.59. The van der Waals surface area contributed by atoms with E-state index in [0.717, 1.165) is 11.3 Å². The summed E-state index contributed by atoms with van der Waals surface area (Å²) >= 11 is 12.9. The molecule has 146 valence electrons. The Kier molecular flexibility index (Phi) is 6.56. The minimum atomic E-state index is -3.69. The van der Waals surface area contributed by atoms with Gasteiger partial charge in [0.2, 0.25) is 0 Å². The Balaban J connectivity index is 1.77. The lowest BCUT2D eigenvalue weighted by Crippen LogP contribution is -2.34. The van der Waals surface area contributed by atoms with Gasteiger partial charge < -0.3 is 10.6 Å². The zero-order valence-electron chi connectivity index (χ0n) is 14.3.